The molecule has 0 fully saturated rings. The molecule has 0 radical (unpaired) electrons. The molecule has 0 spiro atoms. The first-order chi connectivity index (χ1) is 14.1. The molecule has 0 aliphatic carbocycles. The summed E-state index contributed by atoms with van der Waals surface area (Å²) in [5.41, 5.74) is 11.7. The first kappa shape index (κ1) is 20.8. The minimum absolute atomic E-state index is 0.0296. The van der Waals surface area contributed by atoms with Gasteiger partial charge in [-0.2, -0.15) is 0 Å². The molecule has 2 atom stereocenters. The number of rotatable bonds is 3. The van der Waals surface area contributed by atoms with Gasteiger partial charge in [0.2, 0.25) is 0 Å². The molecule has 0 N–H and O–H groups in total. The van der Waals surface area contributed by atoms with Gasteiger partial charge in [-0.05, 0) is 81.8 Å². The summed E-state index contributed by atoms with van der Waals surface area (Å²) in [6.07, 6.45) is 4.26. The van der Waals surface area contributed by atoms with Gasteiger partial charge in [0.1, 0.15) is 11.2 Å². The highest BCUT2D eigenvalue weighted by Gasteiger charge is 2.54. The van der Waals surface area contributed by atoms with Crippen LogP contribution in [0.2, 0.25) is 0 Å². The molecule has 2 heteroatoms. The highest BCUT2D eigenvalue weighted by Crippen LogP contribution is 2.51. The Morgan fingerprint density at radius 3 is 2.03 bits per heavy atom. The molecule has 30 heavy (non-hydrogen) atoms. The van der Waals surface area contributed by atoms with Crippen LogP contribution in [0, 0.1) is 27.7 Å². The van der Waals surface area contributed by atoms with E-state index in [0.29, 0.717) is 0 Å². The summed E-state index contributed by atoms with van der Waals surface area (Å²) in [6, 6.07) is 13.8. The second-order valence-corrected chi connectivity index (χ2v) is 9.72. The zero-order valence-electron chi connectivity index (χ0n) is 19.9. The molecule has 1 aliphatic rings. The summed E-state index contributed by atoms with van der Waals surface area (Å²) in [5, 5.41) is 0. The van der Waals surface area contributed by atoms with E-state index >= 15 is 0 Å². The molecule has 4 rings (SSSR count). The predicted octanol–water partition coefficient (Wildman–Crippen LogP) is 6.74. The van der Waals surface area contributed by atoms with E-state index in [1.165, 1.54) is 44.6 Å². The van der Waals surface area contributed by atoms with E-state index in [1.54, 1.807) is 0 Å². The first-order valence-corrected chi connectivity index (χ1v) is 11.3. The molecule has 1 aliphatic heterocycles. The van der Waals surface area contributed by atoms with Gasteiger partial charge >= 0.3 is 0 Å². The van der Waals surface area contributed by atoms with Crippen molar-refractivity contribution in [3.63, 3.8) is 0 Å². The lowest BCUT2D eigenvalue weighted by molar-refractivity contribution is -0.767. The Morgan fingerprint density at radius 2 is 1.43 bits per heavy atom. The third-order valence-electron chi connectivity index (χ3n) is 7.79. The maximum atomic E-state index is 4.97. The largest absolute Gasteiger partial charge is 0.287 e. The van der Waals surface area contributed by atoms with Crippen LogP contribution in [0.15, 0.2) is 42.7 Å². The van der Waals surface area contributed by atoms with Crippen molar-refractivity contribution in [1.29, 1.82) is 0 Å². The number of hydrogen-bond acceptors (Lipinski definition) is 1. The average Bonchev–Trinajstić information content (AvgIpc) is 2.70. The summed E-state index contributed by atoms with van der Waals surface area (Å²) in [5.74, 6) is 0. The second-order valence-electron chi connectivity index (χ2n) is 9.72. The van der Waals surface area contributed by atoms with Crippen molar-refractivity contribution in [2.24, 2.45) is 0 Å². The molecular formula is C28H35N2+. The normalized spacial score (nSPS) is 22.5. The lowest BCUT2D eigenvalue weighted by Crippen LogP contribution is -2.67. The topological polar surface area (TPSA) is 16.8 Å². The summed E-state index contributed by atoms with van der Waals surface area (Å²) in [7, 11) is 0. The van der Waals surface area contributed by atoms with Crippen molar-refractivity contribution in [3.8, 4) is 22.5 Å². The zero-order valence-corrected chi connectivity index (χ0v) is 19.9. The van der Waals surface area contributed by atoms with E-state index in [2.05, 4.69) is 103 Å². The van der Waals surface area contributed by atoms with Crippen LogP contribution < -0.4 is 4.57 Å². The minimum Gasteiger partial charge on any atom is -0.224 e. The van der Waals surface area contributed by atoms with E-state index in [9.17, 15) is 0 Å². The fourth-order valence-electron chi connectivity index (χ4n) is 5.85. The van der Waals surface area contributed by atoms with Crippen molar-refractivity contribution in [3.05, 3.63) is 70.5 Å². The summed E-state index contributed by atoms with van der Waals surface area (Å²) >= 11 is 0. The molecule has 2 nitrogen and oxygen atoms in total. The maximum Gasteiger partial charge on any atom is 0.287 e. The van der Waals surface area contributed by atoms with Gasteiger partial charge < -0.3 is 0 Å². The van der Waals surface area contributed by atoms with Crippen molar-refractivity contribution in [2.45, 2.75) is 79.2 Å². The highest BCUT2D eigenvalue weighted by atomic mass is 15.1. The van der Waals surface area contributed by atoms with Gasteiger partial charge in [-0.25, -0.2) is 4.57 Å². The van der Waals surface area contributed by atoms with Gasteiger partial charge in [0.25, 0.3) is 6.33 Å². The summed E-state index contributed by atoms with van der Waals surface area (Å²) < 4.78 is 2.46. The smallest absolute Gasteiger partial charge is 0.224 e. The lowest BCUT2D eigenvalue weighted by atomic mass is 9.59. The van der Waals surface area contributed by atoms with Crippen LogP contribution in [0.3, 0.4) is 0 Å². The number of nitrogens with zero attached hydrogens (tertiary/aromatic N) is 2. The van der Waals surface area contributed by atoms with Crippen LogP contribution >= 0.6 is 0 Å². The number of fused-ring (bicyclic) bond motifs is 3. The Labute approximate surface area is 182 Å². The summed E-state index contributed by atoms with van der Waals surface area (Å²) in [6.45, 7) is 18.3. The lowest BCUT2D eigenvalue weighted by Gasteiger charge is -2.49. The standard InChI is InChI=1S/C28H35N2/c1-9-27(7)26-21(6)12-20(5)15-23(26)25-16-24(22-13-18(3)11-19(4)14-22)29-17-30(25)28(27,8)10-2/h11-17H,9-10H2,1-8H3/q+1. The third kappa shape index (κ3) is 2.84. The molecule has 1 aromatic heterocycles. The highest BCUT2D eigenvalue weighted by molar-refractivity contribution is 5.72. The van der Waals surface area contributed by atoms with E-state index in [1.807, 2.05) is 0 Å². The van der Waals surface area contributed by atoms with Crippen LogP contribution in [-0.2, 0) is 11.0 Å². The molecule has 156 valence electrons. The summed E-state index contributed by atoms with van der Waals surface area (Å²) in [4.78, 5) is 4.97. The van der Waals surface area contributed by atoms with Gasteiger partial charge in [0.15, 0.2) is 5.69 Å². The minimum atomic E-state index is -0.0296. The van der Waals surface area contributed by atoms with Crippen molar-refractivity contribution >= 4 is 0 Å². The van der Waals surface area contributed by atoms with Gasteiger partial charge in [-0.3, -0.25) is 0 Å². The third-order valence-corrected chi connectivity index (χ3v) is 7.79. The van der Waals surface area contributed by atoms with Crippen molar-refractivity contribution in [2.75, 3.05) is 0 Å². The van der Waals surface area contributed by atoms with Crippen LogP contribution in [0.25, 0.3) is 22.5 Å². The molecule has 0 amide bonds. The Balaban J connectivity index is 2.07. The fraction of sp³-hybridized carbons (Fsp3) is 0.429. The van der Waals surface area contributed by atoms with Crippen molar-refractivity contribution < 1.29 is 4.57 Å². The molecule has 0 saturated carbocycles. The average molecular weight is 400 g/mol. The number of aryl methyl sites for hydroxylation is 4. The predicted molar refractivity (Wildman–Crippen MR) is 126 cm³/mol. The Hall–Kier alpha value is -2.48. The molecule has 3 aromatic rings. The Morgan fingerprint density at radius 1 is 0.800 bits per heavy atom. The molecule has 2 unspecified atom stereocenters. The quantitative estimate of drug-likeness (QED) is 0.445. The number of aromatic nitrogens is 2. The van der Waals surface area contributed by atoms with E-state index in [-0.39, 0.29) is 11.0 Å². The maximum absolute atomic E-state index is 4.97. The molecular weight excluding hydrogens is 364 g/mol. The SMILES string of the molecule is CCC1(C)c2c(C)cc(C)cc2-c2cc(-c3cc(C)cc(C)c3)nc[n+]2C1(C)CC. The van der Waals surface area contributed by atoms with Gasteiger partial charge in [-0.15, -0.1) is 0 Å². The molecule has 0 bridgehead atoms. The molecule has 2 heterocycles. The van der Waals surface area contributed by atoms with Crippen LogP contribution in [-0.4, -0.2) is 4.98 Å². The van der Waals surface area contributed by atoms with Gasteiger partial charge in [-0.1, -0.05) is 49.6 Å². The Bertz CT molecular complexity index is 1120. The van der Waals surface area contributed by atoms with Gasteiger partial charge in [0, 0.05) is 22.6 Å². The van der Waals surface area contributed by atoms with E-state index in [0.717, 1.165) is 18.5 Å². The molecule has 2 aromatic carbocycles. The first-order valence-electron chi connectivity index (χ1n) is 11.3. The van der Waals surface area contributed by atoms with E-state index in [4.69, 9.17) is 4.98 Å². The van der Waals surface area contributed by atoms with E-state index < -0.39 is 0 Å². The van der Waals surface area contributed by atoms with Crippen LogP contribution in [0.1, 0.15) is 68.4 Å². The van der Waals surface area contributed by atoms with Gasteiger partial charge in [0.05, 0.1) is 0 Å². The fourth-order valence-corrected chi connectivity index (χ4v) is 5.85. The van der Waals surface area contributed by atoms with Crippen molar-refractivity contribution in [1.82, 2.24) is 4.98 Å². The molecule has 0 saturated heterocycles. The second kappa shape index (κ2) is 7.04. The zero-order chi connectivity index (χ0) is 21.8. The Kier molecular flexibility index (Phi) is 4.88. The van der Waals surface area contributed by atoms with Crippen LogP contribution in [0.5, 0.6) is 0 Å². The van der Waals surface area contributed by atoms with Crippen LogP contribution in [0.4, 0.5) is 0 Å². The number of benzene rings is 2. The number of hydrogen-bond donors (Lipinski definition) is 0. The monoisotopic (exact) mass is 399 g/mol.